The fraction of sp³-hybridized carbons (Fsp3) is 0.850. The van der Waals surface area contributed by atoms with Crippen molar-refractivity contribution in [3.8, 4) is 0 Å². The van der Waals surface area contributed by atoms with Gasteiger partial charge in [-0.15, -0.1) is 0 Å². The zero-order valence-electron chi connectivity index (χ0n) is 16.8. The van der Waals surface area contributed by atoms with Crippen molar-refractivity contribution in [2.45, 2.75) is 63.8 Å². The molecule has 0 unspecified atom stereocenters. The van der Waals surface area contributed by atoms with Crippen LogP contribution in [0.25, 0.3) is 0 Å². The summed E-state index contributed by atoms with van der Waals surface area (Å²) in [4.78, 5) is 29.8. The molecule has 0 spiro atoms. The van der Waals surface area contributed by atoms with Gasteiger partial charge in [0.25, 0.3) is 0 Å². The van der Waals surface area contributed by atoms with E-state index in [1.54, 1.807) is 7.05 Å². The van der Waals surface area contributed by atoms with Gasteiger partial charge >= 0.3 is 5.69 Å². The Morgan fingerprint density at radius 3 is 2.30 bits per heavy atom. The number of aromatic nitrogens is 3. The zero-order valence-corrected chi connectivity index (χ0v) is 16.8. The fourth-order valence-corrected chi connectivity index (χ4v) is 4.72. The first kappa shape index (κ1) is 18.7. The molecule has 1 aromatic heterocycles. The molecular weight excluding hydrogens is 342 g/mol. The molecule has 0 aromatic carbocycles. The van der Waals surface area contributed by atoms with E-state index in [1.165, 1.54) is 4.68 Å². The van der Waals surface area contributed by atoms with Gasteiger partial charge in [-0.25, -0.2) is 9.48 Å². The summed E-state index contributed by atoms with van der Waals surface area (Å²) < 4.78 is 3.41. The number of aryl methyl sites for hydroxylation is 1. The summed E-state index contributed by atoms with van der Waals surface area (Å²) in [6.07, 6.45) is 7.01. The molecule has 150 valence electrons. The third kappa shape index (κ3) is 3.98. The lowest BCUT2D eigenvalue weighted by atomic mass is 9.92. The number of hydrogen-bond acceptors (Lipinski definition) is 4. The highest BCUT2D eigenvalue weighted by Gasteiger charge is 2.34. The van der Waals surface area contributed by atoms with Crippen LogP contribution in [0.1, 0.15) is 69.7 Å². The molecule has 1 aliphatic carbocycles. The molecule has 0 atom stereocenters. The van der Waals surface area contributed by atoms with Crippen LogP contribution in [-0.2, 0) is 11.8 Å². The summed E-state index contributed by atoms with van der Waals surface area (Å²) in [5.74, 6) is 2.28. The quantitative estimate of drug-likeness (QED) is 0.786. The second kappa shape index (κ2) is 7.78. The van der Waals surface area contributed by atoms with E-state index in [-0.39, 0.29) is 11.7 Å². The number of piperidine rings is 2. The lowest BCUT2D eigenvalue weighted by Gasteiger charge is -2.35. The van der Waals surface area contributed by atoms with Crippen molar-refractivity contribution in [3.63, 3.8) is 0 Å². The SMILES string of the molecule is CCN1CCC(CC(=O)N2CCC(n3c(C4CC4)nn(C)c3=O)CC2)CC1. The molecule has 0 N–H and O–H groups in total. The van der Waals surface area contributed by atoms with E-state index in [9.17, 15) is 9.59 Å². The van der Waals surface area contributed by atoms with Crippen LogP contribution in [0.4, 0.5) is 0 Å². The van der Waals surface area contributed by atoms with Crippen LogP contribution in [0.15, 0.2) is 4.79 Å². The van der Waals surface area contributed by atoms with Gasteiger partial charge in [0.2, 0.25) is 5.91 Å². The normalized spacial score (nSPS) is 23.1. The highest BCUT2D eigenvalue weighted by molar-refractivity contribution is 5.76. The van der Waals surface area contributed by atoms with Crippen LogP contribution >= 0.6 is 0 Å². The van der Waals surface area contributed by atoms with Crippen LogP contribution in [0, 0.1) is 5.92 Å². The summed E-state index contributed by atoms with van der Waals surface area (Å²) in [6.45, 7) is 7.11. The Bertz CT molecular complexity index is 719. The Morgan fingerprint density at radius 1 is 1.04 bits per heavy atom. The van der Waals surface area contributed by atoms with Gasteiger partial charge in [0.05, 0.1) is 0 Å². The van der Waals surface area contributed by atoms with Crippen LogP contribution < -0.4 is 5.69 Å². The fourth-order valence-electron chi connectivity index (χ4n) is 4.72. The highest BCUT2D eigenvalue weighted by Crippen LogP contribution is 2.40. The van der Waals surface area contributed by atoms with Gasteiger partial charge in [-0.2, -0.15) is 5.10 Å². The molecule has 3 aliphatic rings. The molecular formula is C20H33N5O2. The third-order valence-corrected chi connectivity index (χ3v) is 6.72. The number of amides is 1. The minimum absolute atomic E-state index is 0.00404. The molecule has 3 fully saturated rings. The number of nitrogens with zero attached hydrogens (tertiary/aromatic N) is 5. The van der Waals surface area contributed by atoms with Crippen molar-refractivity contribution in [2.75, 3.05) is 32.7 Å². The van der Waals surface area contributed by atoms with E-state index in [0.29, 0.717) is 24.2 Å². The van der Waals surface area contributed by atoms with Gasteiger partial charge in [0, 0.05) is 38.5 Å². The number of hydrogen-bond donors (Lipinski definition) is 0. The predicted molar refractivity (Wildman–Crippen MR) is 104 cm³/mol. The molecule has 3 heterocycles. The molecule has 7 nitrogen and oxygen atoms in total. The second-order valence-electron chi connectivity index (χ2n) is 8.60. The number of carbonyl (C=O) groups excluding carboxylic acids is 1. The summed E-state index contributed by atoms with van der Waals surface area (Å²) in [5, 5.41) is 4.47. The number of carbonyl (C=O) groups is 1. The van der Waals surface area contributed by atoms with Crippen molar-refractivity contribution in [2.24, 2.45) is 13.0 Å². The van der Waals surface area contributed by atoms with E-state index in [2.05, 4.69) is 16.9 Å². The molecule has 7 heteroatoms. The maximum atomic E-state index is 12.7. The Labute approximate surface area is 161 Å². The van der Waals surface area contributed by atoms with Crippen LogP contribution in [0.5, 0.6) is 0 Å². The van der Waals surface area contributed by atoms with Gasteiger partial charge in [-0.05, 0) is 64.1 Å². The highest BCUT2D eigenvalue weighted by atomic mass is 16.2. The van der Waals surface area contributed by atoms with Crippen LogP contribution in [0.2, 0.25) is 0 Å². The second-order valence-corrected chi connectivity index (χ2v) is 8.60. The monoisotopic (exact) mass is 375 g/mol. The Kier molecular flexibility index (Phi) is 5.39. The smallest absolute Gasteiger partial charge is 0.343 e. The summed E-state index contributed by atoms with van der Waals surface area (Å²) in [6, 6.07) is 0.193. The van der Waals surface area contributed by atoms with Crippen molar-refractivity contribution in [1.82, 2.24) is 24.1 Å². The average Bonchev–Trinajstić information content (AvgIpc) is 3.49. The van der Waals surface area contributed by atoms with Crippen LogP contribution in [-0.4, -0.2) is 62.8 Å². The molecule has 1 aromatic rings. The number of likely N-dealkylation sites (tertiary alicyclic amines) is 2. The maximum absolute atomic E-state index is 12.7. The first-order valence-electron chi connectivity index (χ1n) is 10.7. The molecule has 2 saturated heterocycles. The van der Waals surface area contributed by atoms with Gasteiger partial charge in [0.15, 0.2) is 0 Å². The summed E-state index contributed by atoms with van der Waals surface area (Å²) in [5.41, 5.74) is 0.00404. The Balaban J connectivity index is 1.32. The largest absolute Gasteiger partial charge is 0.345 e. The van der Waals surface area contributed by atoms with Crippen LogP contribution in [0.3, 0.4) is 0 Å². The van der Waals surface area contributed by atoms with Crippen molar-refractivity contribution < 1.29 is 4.79 Å². The molecule has 1 saturated carbocycles. The Morgan fingerprint density at radius 2 is 1.70 bits per heavy atom. The standard InChI is InChI=1S/C20H33N5O2/c1-3-23-10-6-15(7-11-23)14-18(26)24-12-8-17(9-13-24)25-19(16-4-5-16)21-22(2)20(25)27/h15-17H,3-14H2,1-2H3. The molecule has 2 aliphatic heterocycles. The number of rotatable bonds is 5. The molecule has 1 amide bonds. The van der Waals surface area contributed by atoms with Gasteiger partial charge in [-0.1, -0.05) is 6.92 Å². The van der Waals surface area contributed by atoms with Gasteiger partial charge < -0.3 is 9.80 Å². The van der Waals surface area contributed by atoms with Crippen molar-refractivity contribution in [1.29, 1.82) is 0 Å². The van der Waals surface area contributed by atoms with Crippen molar-refractivity contribution >= 4 is 5.91 Å². The van der Waals surface area contributed by atoms with Crippen molar-refractivity contribution in [3.05, 3.63) is 16.3 Å². The molecule has 27 heavy (non-hydrogen) atoms. The van der Waals surface area contributed by atoms with E-state index in [4.69, 9.17) is 0 Å². The van der Waals surface area contributed by atoms with E-state index in [1.807, 2.05) is 9.47 Å². The lowest BCUT2D eigenvalue weighted by molar-refractivity contribution is -0.133. The van der Waals surface area contributed by atoms with Gasteiger partial charge in [0.1, 0.15) is 5.82 Å². The average molecular weight is 376 g/mol. The summed E-state index contributed by atoms with van der Waals surface area (Å²) >= 11 is 0. The molecule has 0 radical (unpaired) electrons. The third-order valence-electron chi connectivity index (χ3n) is 6.72. The first-order valence-corrected chi connectivity index (χ1v) is 10.7. The molecule has 4 rings (SSSR count). The topological polar surface area (TPSA) is 63.4 Å². The van der Waals surface area contributed by atoms with E-state index < -0.39 is 0 Å². The van der Waals surface area contributed by atoms with E-state index >= 15 is 0 Å². The lowest BCUT2D eigenvalue weighted by Crippen LogP contribution is -2.42. The maximum Gasteiger partial charge on any atom is 0.345 e. The first-order chi connectivity index (χ1) is 13.1. The Hall–Kier alpha value is -1.63. The predicted octanol–water partition coefficient (Wildman–Crippen LogP) is 1.74. The molecule has 0 bridgehead atoms. The van der Waals surface area contributed by atoms with Gasteiger partial charge in [-0.3, -0.25) is 9.36 Å². The minimum Gasteiger partial charge on any atom is -0.343 e. The summed E-state index contributed by atoms with van der Waals surface area (Å²) in [7, 11) is 1.74. The van der Waals surface area contributed by atoms with E-state index in [0.717, 1.165) is 77.1 Å². The zero-order chi connectivity index (χ0) is 19.0. The minimum atomic E-state index is 0.00404.